The molecule has 0 aromatic carbocycles. The Balaban J connectivity index is 2.75. The summed E-state index contributed by atoms with van der Waals surface area (Å²) in [6.45, 7) is 9.16. The van der Waals surface area contributed by atoms with E-state index in [9.17, 15) is 5.11 Å². The third kappa shape index (κ3) is 1.52. The third-order valence-electron chi connectivity index (χ3n) is 3.86. The van der Waals surface area contributed by atoms with Gasteiger partial charge in [-0.1, -0.05) is 27.7 Å². The van der Waals surface area contributed by atoms with Gasteiger partial charge < -0.3 is 5.11 Å². The number of aliphatic hydroxyl groups excluding tert-OH is 1. The summed E-state index contributed by atoms with van der Waals surface area (Å²) in [5.74, 6) is 1.41. The first-order valence-corrected chi connectivity index (χ1v) is 5.17. The van der Waals surface area contributed by atoms with Gasteiger partial charge >= 0.3 is 0 Å². The smallest absolute Gasteiger partial charge is 0.0546 e. The maximum atomic E-state index is 9.56. The summed E-state index contributed by atoms with van der Waals surface area (Å²) in [4.78, 5) is 0. The van der Waals surface area contributed by atoms with E-state index in [4.69, 9.17) is 0 Å². The highest BCUT2D eigenvalue weighted by atomic mass is 16.3. The van der Waals surface area contributed by atoms with Crippen LogP contribution < -0.4 is 0 Å². The van der Waals surface area contributed by atoms with Crippen molar-refractivity contribution in [1.82, 2.24) is 0 Å². The van der Waals surface area contributed by atoms with Gasteiger partial charge in [-0.05, 0) is 36.5 Å². The Morgan fingerprint density at radius 1 is 1.17 bits per heavy atom. The van der Waals surface area contributed by atoms with Crippen molar-refractivity contribution in [3.05, 3.63) is 0 Å². The van der Waals surface area contributed by atoms with Gasteiger partial charge in [0.25, 0.3) is 0 Å². The zero-order valence-electron chi connectivity index (χ0n) is 8.80. The average Bonchev–Trinajstić information content (AvgIpc) is 2.32. The lowest BCUT2D eigenvalue weighted by atomic mass is 9.68. The highest BCUT2D eigenvalue weighted by molar-refractivity contribution is 4.93. The Hall–Kier alpha value is -0.0400. The van der Waals surface area contributed by atoms with E-state index in [2.05, 4.69) is 27.7 Å². The monoisotopic (exact) mass is 170 g/mol. The van der Waals surface area contributed by atoms with Crippen molar-refractivity contribution >= 4 is 0 Å². The van der Waals surface area contributed by atoms with Crippen LogP contribution >= 0.6 is 0 Å². The molecule has 1 nitrogen and oxygen atoms in total. The van der Waals surface area contributed by atoms with Gasteiger partial charge in [0.15, 0.2) is 0 Å². The fraction of sp³-hybridized carbons (Fsp3) is 1.00. The zero-order chi connectivity index (χ0) is 9.35. The van der Waals surface area contributed by atoms with Crippen LogP contribution in [0.25, 0.3) is 0 Å². The van der Waals surface area contributed by atoms with Gasteiger partial charge in [0, 0.05) is 0 Å². The minimum Gasteiger partial charge on any atom is -0.393 e. The molecule has 1 unspecified atom stereocenters. The normalized spacial score (nSPS) is 28.8. The molecule has 1 rings (SSSR count). The van der Waals surface area contributed by atoms with E-state index in [0.29, 0.717) is 17.3 Å². The Labute approximate surface area is 76.2 Å². The first-order valence-electron chi connectivity index (χ1n) is 5.17. The van der Waals surface area contributed by atoms with E-state index in [1.54, 1.807) is 0 Å². The molecule has 1 aliphatic rings. The fourth-order valence-electron chi connectivity index (χ4n) is 2.79. The second-order valence-corrected chi connectivity index (χ2v) is 4.94. The van der Waals surface area contributed by atoms with E-state index in [-0.39, 0.29) is 6.10 Å². The predicted molar refractivity (Wildman–Crippen MR) is 52.0 cm³/mol. The van der Waals surface area contributed by atoms with E-state index >= 15 is 0 Å². The van der Waals surface area contributed by atoms with Crippen LogP contribution in [0.3, 0.4) is 0 Å². The molecule has 12 heavy (non-hydrogen) atoms. The van der Waals surface area contributed by atoms with Gasteiger partial charge in [0.05, 0.1) is 6.10 Å². The number of rotatable bonds is 2. The summed E-state index contributed by atoms with van der Waals surface area (Å²) >= 11 is 0. The summed E-state index contributed by atoms with van der Waals surface area (Å²) < 4.78 is 0. The van der Waals surface area contributed by atoms with E-state index in [1.807, 2.05) is 0 Å². The molecular formula is C11H22O. The van der Waals surface area contributed by atoms with Crippen molar-refractivity contribution in [2.75, 3.05) is 0 Å². The van der Waals surface area contributed by atoms with Gasteiger partial charge in [-0.15, -0.1) is 0 Å². The van der Waals surface area contributed by atoms with Crippen molar-refractivity contribution in [3.63, 3.8) is 0 Å². The van der Waals surface area contributed by atoms with Crippen molar-refractivity contribution in [3.8, 4) is 0 Å². The van der Waals surface area contributed by atoms with Crippen molar-refractivity contribution in [2.24, 2.45) is 17.3 Å². The second-order valence-electron chi connectivity index (χ2n) is 4.94. The number of hydrogen-bond donors (Lipinski definition) is 1. The topological polar surface area (TPSA) is 20.2 Å². The molecule has 72 valence electrons. The second kappa shape index (κ2) is 3.37. The SMILES string of the molecule is CC(C)C1(C(C)C)CCC(O)C1. The van der Waals surface area contributed by atoms with Gasteiger partial charge in [0.2, 0.25) is 0 Å². The molecule has 0 saturated heterocycles. The lowest BCUT2D eigenvalue weighted by Crippen LogP contribution is -2.30. The highest BCUT2D eigenvalue weighted by Crippen LogP contribution is 2.49. The lowest BCUT2D eigenvalue weighted by Gasteiger charge is -2.37. The van der Waals surface area contributed by atoms with Gasteiger partial charge in [-0.3, -0.25) is 0 Å². The Morgan fingerprint density at radius 2 is 1.67 bits per heavy atom. The lowest BCUT2D eigenvalue weighted by molar-refractivity contribution is 0.0883. The molecule has 1 atom stereocenters. The summed E-state index contributed by atoms with van der Waals surface area (Å²) in [6, 6.07) is 0. The van der Waals surface area contributed by atoms with Crippen LogP contribution in [0.5, 0.6) is 0 Å². The van der Waals surface area contributed by atoms with Crippen LogP contribution in [-0.2, 0) is 0 Å². The maximum absolute atomic E-state index is 9.56. The number of aliphatic hydroxyl groups is 1. The van der Waals surface area contributed by atoms with Crippen LogP contribution in [-0.4, -0.2) is 11.2 Å². The van der Waals surface area contributed by atoms with Crippen molar-refractivity contribution in [1.29, 1.82) is 0 Å². The summed E-state index contributed by atoms with van der Waals surface area (Å²) in [5.41, 5.74) is 0.416. The molecule has 0 aromatic heterocycles. The molecule has 0 amide bonds. The molecule has 0 aliphatic heterocycles. The van der Waals surface area contributed by atoms with E-state index < -0.39 is 0 Å². The Morgan fingerprint density at radius 3 is 1.83 bits per heavy atom. The molecule has 1 saturated carbocycles. The first-order chi connectivity index (χ1) is 5.49. The molecule has 1 aliphatic carbocycles. The Bertz CT molecular complexity index is 141. The van der Waals surface area contributed by atoms with E-state index in [0.717, 1.165) is 12.8 Å². The molecule has 0 heterocycles. The van der Waals surface area contributed by atoms with Crippen LogP contribution in [0, 0.1) is 17.3 Å². The van der Waals surface area contributed by atoms with Crippen LogP contribution in [0.15, 0.2) is 0 Å². The third-order valence-corrected chi connectivity index (χ3v) is 3.86. The fourth-order valence-corrected chi connectivity index (χ4v) is 2.79. The Kier molecular flexibility index (Phi) is 2.82. The van der Waals surface area contributed by atoms with Crippen molar-refractivity contribution < 1.29 is 5.11 Å². The zero-order valence-corrected chi connectivity index (χ0v) is 8.80. The number of hydrogen-bond acceptors (Lipinski definition) is 1. The summed E-state index contributed by atoms with van der Waals surface area (Å²) in [7, 11) is 0. The molecule has 0 radical (unpaired) electrons. The standard InChI is InChI=1S/C11H22O/c1-8(2)11(9(3)4)6-5-10(12)7-11/h8-10,12H,5-7H2,1-4H3. The average molecular weight is 170 g/mol. The van der Waals surface area contributed by atoms with Gasteiger partial charge in [-0.2, -0.15) is 0 Å². The van der Waals surface area contributed by atoms with Crippen molar-refractivity contribution in [2.45, 2.75) is 53.1 Å². The van der Waals surface area contributed by atoms with Crippen LogP contribution in [0.4, 0.5) is 0 Å². The summed E-state index contributed by atoms with van der Waals surface area (Å²) in [6.07, 6.45) is 3.21. The molecular weight excluding hydrogens is 148 g/mol. The molecule has 1 N–H and O–H groups in total. The van der Waals surface area contributed by atoms with Crippen LogP contribution in [0.2, 0.25) is 0 Å². The van der Waals surface area contributed by atoms with Gasteiger partial charge in [0.1, 0.15) is 0 Å². The highest BCUT2D eigenvalue weighted by Gasteiger charge is 2.42. The maximum Gasteiger partial charge on any atom is 0.0546 e. The quantitative estimate of drug-likeness (QED) is 0.675. The first kappa shape index (κ1) is 10.0. The summed E-state index contributed by atoms with van der Waals surface area (Å²) in [5, 5.41) is 9.56. The van der Waals surface area contributed by atoms with Crippen LogP contribution in [0.1, 0.15) is 47.0 Å². The minimum atomic E-state index is -0.0326. The molecule has 1 fully saturated rings. The minimum absolute atomic E-state index is 0.0326. The molecule has 0 aromatic rings. The molecule has 0 bridgehead atoms. The van der Waals surface area contributed by atoms with E-state index in [1.165, 1.54) is 6.42 Å². The molecule has 0 spiro atoms. The van der Waals surface area contributed by atoms with Gasteiger partial charge in [-0.25, -0.2) is 0 Å². The largest absolute Gasteiger partial charge is 0.393 e. The molecule has 1 heteroatoms. The predicted octanol–water partition coefficient (Wildman–Crippen LogP) is 2.83.